The number of ketones is 1. The van der Waals surface area contributed by atoms with Crippen LogP contribution in [0.3, 0.4) is 0 Å². The highest BCUT2D eigenvalue weighted by molar-refractivity contribution is 6.07. The van der Waals surface area contributed by atoms with Gasteiger partial charge in [-0.25, -0.2) is 4.79 Å². The average molecular weight is 298 g/mol. The number of aromatic hydroxyl groups is 1. The van der Waals surface area contributed by atoms with E-state index < -0.39 is 5.97 Å². The van der Waals surface area contributed by atoms with Crippen molar-refractivity contribution in [2.45, 2.75) is 0 Å². The van der Waals surface area contributed by atoms with E-state index in [9.17, 15) is 14.7 Å². The Balaban J connectivity index is 2.15. The van der Waals surface area contributed by atoms with Crippen LogP contribution in [-0.4, -0.2) is 29.1 Å². The lowest BCUT2D eigenvalue weighted by atomic mass is 10.1. The van der Waals surface area contributed by atoms with E-state index >= 15 is 0 Å². The normalized spacial score (nSPS) is 10.6. The van der Waals surface area contributed by atoms with Crippen molar-refractivity contribution in [1.82, 2.24) is 0 Å². The standard InChI is InChI=1S/C17H14O5/c1-22-16-10-13(7-9-15(16)19)14(18)8-4-11-2-5-12(6-3-11)17(20)21/h2-10,19H,1H3,(H,20,21). The van der Waals surface area contributed by atoms with E-state index in [2.05, 4.69) is 0 Å². The van der Waals surface area contributed by atoms with Gasteiger partial charge in [-0.3, -0.25) is 4.79 Å². The highest BCUT2D eigenvalue weighted by atomic mass is 16.5. The van der Waals surface area contributed by atoms with Gasteiger partial charge in [-0.05, 0) is 42.0 Å². The Labute approximate surface area is 127 Å². The molecule has 112 valence electrons. The first kappa shape index (κ1) is 15.3. The van der Waals surface area contributed by atoms with E-state index in [4.69, 9.17) is 9.84 Å². The van der Waals surface area contributed by atoms with Crippen LogP contribution in [0.5, 0.6) is 11.5 Å². The highest BCUT2D eigenvalue weighted by Gasteiger charge is 2.07. The molecule has 0 heterocycles. The first-order valence-corrected chi connectivity index (χ1v) is 6.44. The molecule has 5 heteroatoms. The third kappa shape index (κ3) is 3.52. The number of carbonyl (C=O) groups is 2. The van der Waals surface area contributed by atoms with Crippen LogP contribution in [0.2, 0.25) is 0 Å². The highest BCUT2D eigenvalue weighted by Crippen LogP contribution is 2.26. The molecule has 0 bridgehead atoms. The molecule has 0 aliphatic heterocycles. The number of aromatic carboxylic acids is 1. The van der Waals surface area contributed by atoms with E-state index in [1.54, 1.807) is 18.2 Å². The van der Waals surface area contributed by atoms with Gasteiger partial charge >= 0.3 is 5.97 Å². The Hall–Kier alpha value is -3.08. The van der Waals surface area contributed by atoms with Gasteiger partial charge in [0.05, 0.1) is 12.7 Å². The van der Waals surface area contributed by atoms with E-state index in [1.807, 2.05) is 0 Å². The second-order valence-electron chi connectivity index (χ2n) is 4.51. The Kier molecular flexibility index (Phi) is 4.58. The molecule has 0 aliphatic carbocycles. The molecule has 0 aliphatic rings. The third-order valence-electron chi connectivity index (χ3n) is 3.05. The van der Waals surface area contributed by atoms with Crippen LogP contribution < -0.4 is 4.74 Å². The molecule has 0 spiro atoms. The Morgan fingerprint density at radius 1 is 1.05 bits per heavy atom. The Morgan fingerprint density at radius 3 is 2.27 bits per heavy atom. The van der Waals surface area contributed by atoms with Gasteiger partial charge in [0.25, 0.3) is 0 Å². The quantitative estimate of drug-likeness (QED) is 0.655. The summed E-state index contributed by atoms with van der Waals surface area (Å²) in [5.41, 5.74) is 1.28. The third-order valence-corrected chi connectivity index (χ3v) is 3.05. The van der Waals surface area contributed by atoms with Gasteiger partial charge in [-0.1, -0.05) is 18.2 Å². The molecule has 0 atom stereocenters. The van der Waals surface area contributed by atoms with Crippen molar-refractivity contribution < 1.29 is 24.5 Å². The molecule has 0 radical (unpaired) electrons. The summed E-state index contributed by atoms with van der Waals surface area (Å²) in [4.78, 5) is 22.8. The van der Waals surface area contributed by atoms with Gasteiger partial charge in [-0.15, -0.1) is 0 Å². The second-order valence-corrected chi connectivity index (χ2v) is 4.51. The number of phenolic OH excluding ortho intramolecular Hbond substituents is 1. The summed E-state index contributed by atoms with van der Waals surface area (Å²) < 4.78 is 4.95. The van der Waals surface area contributed by atoms with Crippen LogP contribution in [0.15, 0.2) is 48.5 Å². The van der Waals surface area contributed by atoms with Crippen LogP contribution in [0, 0.1) is 0 Å². The molecule has 0 saturated carbocycles. The molecule has 0 unspecified atom stereocenters. The van der Waals surface area contributed by atoms with Crippen molar-refractivity contribution in [2.75, 3.05) is 7.11 Å². The number of benzene rings is 2. The summed E-state index contributed by atoms with van der Waals surface area (Å²) in [7, 11) is 1.41. The van der Waals surface area contributed by atoms with E-state index in [0.717, 1.165) is 0 Å². The van der Waals surface area contributed by atoms with E-state index in [-0.39, 0.29) is 22.8 Å². The lowest BCUT2D eigenvalue weighted by Gasteiger charge is -2.04. The first-order chi connectivity index (χ1) is 10.5. The lowest BCUT2D eigenvalue weighted by Crippen LogP contribution is -1.96. The number of carbonyl (C=O) groups excluding carboxylic acids is 1. The molecule has 2 N–H and O–H groups in total. The van der Waals surface area contributed by atoms with Crippen molar-refractivity contribution in [3.8, 4) is 11.5 Å². The molecule has 0 amide bonds. The number of rotatable bonds is 5. The van der Waals surface area contributed by atoms with Crippen molar-refractivity contribution in [2.24, 2.45) is 0 Å². The van der Waals surface area contributed by atoms with E-state index in [0.29, 0.717) is 11.1 Å². The van der Waals surface area contributed by atoms with Crippen LogP contribution in [0.4, 0.5) is 0 Å². The smallest absolute Gasteiger partial charge is 0.335 e. The van der Waals surface area contributed by atoms with Crippen molar-refractivity contribution in [1.29, 1.82) is 0 Å². The maximum Gasteiger partial charge on any atom is 0.335 e. The minimum atomic E-state index is -0.997. The molecule has 0 aromatic heterocycles. The maximum atomic E-state index is 12.1. The number of allylic oxidation sites excluding steroid dienone is 1. The summed E-state index contributed by atoms with van der Waals surface area (Å²) in [6.07, 6.45) is 2.97. The minimum Gasteiger partial charge on any atom is -0.504 e. The zero-order valence-electron chi connectivity index (χ0n) is 11.8. The first-order valence-electron chi connectivity index (χ1n) is 6.44. The molecule has 5 nitrogen and oxygen atoms in total. The second kappa shape index (κ2) is 6.58. The van der Waals surface area contributed by atoms with Crippen molar-refractivity contribution in [3.63, 3.8) is 0 Å². The Morgan fingerprint density at radius 2 is 1.68 bits per heavy atom. The van der Waals surface area contributed by atoms with Crippen molar-refractivity contribution >= 4 is 17.8 Å². The lowest BCUT2D eigenvalue weighted by molar-refractivity contribution is 0.0696. The van der Waals surface area contributed by atoms with Gasteiger partial charge in [0.2, 0.25) is 0 Å². The van der Waals surface area contributed by atoms with Gasteiger partial charge < -0.3 is 14.9 Å². The fraction of sp³-hybridized carbons (Fsp3) is 0.0588. The predicted octanol–water partition coefficient (Wildman–Crippen LogP) is 3.00. The van der Waals surface area contributed by atoms with Crippen molar-refractivity contribution in [3.05, 3.63) is 65.2 Å². The van der Waals surface area contributed by atoms with E-state index in [1.165, 1.54) is 43.5 Å². The maximum absolute atomic E-state index is 12.1. The molecule has 0 saturated heterocycles. The molecule has 0 fully saturated rings. The zero-order valence-corrected chi connectivity index (χ0v) is 11.8. The number of ether oxygens (including phenoxy) is 1. The SMILES string of the molecule is COc1cc(C(=O)C=Cc2ccc(C(=O)O)cc2)ccc1O. The number of hydrogen-bond acceptors (Lipinski definition) is 4. The summed E-state index contributed by atoms with van der Waals surface area (Å²) in [6.45, 7) is 0. The monoisotopic (exact) mass is 298 g/mol. The predicted molar refractivity (Wildman–Crippen MR) is 81.4 cm³/mol. The minimum absolute atomic E-state index is 0.0349. The molecule has 2 aromatic carbocycles. The number of phenols is 1. The largest absolute Gasteiger partial charge is 0.504 e. The molecular formula is C17H14O5. The molecule has 2 rings (SSSR count). The molecule has 22 heavy (non-hydrogen) atoms. The number of carboxylic acids is 1. The van der Waals surface area contributed by atoms with Crippen LogP contribution in [0.25, 0.3) is 6.08 Å². The topological polar surface area (TPSA) is 83.8 Å². The summed E-state index contributed by atoms with van der Waals surface area (Å²) >= 11 is 0. The van der Waals surface area contributed by atoms with Crippen LogP contribution in [0.1, 0.15) is 26.3 Å². The molecular weight excluding hydrogens is 284 g/mol. The molecule has 2 aromatic rings. The fourth-order valence-electron chi connectivity index (χ4n) is 1.84. The summed E-state index contributed by atoms with van der Waals surface area (Å²) in [5.74, 6) is -1.05. The summed E-state index contributed by atoms with van der Waals surface area (Å²) in [6, 6.07) is 10.5. The number of carboxylic acid groups (broad SMARTS) is 1. The Bertz CT molecular complexity index is 729. The average Bonchev–Trinajstić information content (AvgIpc) is 2.53. The van der Waals surface area contributed by atoms with Gasteiger partial charge in [0.15, 0.2) is 17.3 Å². The van der Waals surface area contributed by atoms with Gasteiger partial charge in [0.1, 0.15) is 0 Å². The number of methoxy groups -OCH3 is 1. The van der Waals surface area contributed by atoms with Gasteiger partial charge in [0, 0.05) is 5.56 Å². The van der Waals surface area contributed by atoms with Crippen LogP contribution >= 0.6 is 0 Å². The zero-order chi connectivity index (χ0) is 16.1. The number of hydrogen-bond donors (Lipinski definition) is 2. The van der Waals surface area contributed by atoms with Crippen LogP contribution in [-0.2, 0) is 0 Å². The summed E-state index contributed by atoms with van der Waals surface area (Å²) in [5, 5.41) is 18.3. The van der Waals surface area contributed by atoms with Gasteiger partial charge in [-0.2, -0.15) is 0 Å². The fourth-order valence-corrected chi connectivity index (χ4v) is 1.84.